The Morgan fingerprint density at radius 2 is 2.25 bits per heavy atom. The first-order valence-electron chi connectivity index (χ1n) is 5.93. The second kappa shape index (κ2) is 6.47. The van der Waals surface area contributed by atoms with E-state index in [1.165, 1.54) is 19.5 Å². The van der Waals surface area contributed by atoms with E-state index in [-0.39, 0.29) is 0 Å². The minimum Gasteiger partial charge on any atom is -0.481 e. The van der Waals surface area contributed by atoms with E-state index in [1.807, 2.05) is 24.3 Å². The zero-order valence-electron chi connectivity index (χ0n) is 10.8. The standard InChI is InChI=1S/C14H13BrN2O3/c1-20-13-8-16-7-12(17-13)11(14(18)19)6-9-3-2-4-10(15)5-9/h2-5,7-8,11H,6H2,1H3,(H,18,19). The van der Waals surface area contributed by atoms with Crippen LogP contribution in [0, 0.1) is 0 Å². The Labute approximate surface area is 124 Å². The number of carboxylic acids is 1. The van der Waals surface area contributed by atoms with Gasteiger partial charge in [-0.2, -0.15) is 0 Å². The van der Waals surface area contributed by atoms with Gasteiger partial charge in [0.05, 0.1) is 19.0 Å². The number of benzene rings is 1. The molecule has 1 unspecified atom stereocenters. The van der Waals surface area contributed by atoms with Crippen molar-refractivity contribution in [3.63, 3.8) is 0 Å². The van der Waals surface area contributed by atoms with Gasteiger partial charge in [0.25, 0.3) is 0 Å². The van der Waals surface area contributed by atoms with Gasteiger partial charge in [-0.05, 0) is 24.1 Å². The molecule has 0 aliphatic carbocycles. The first-order valence-corrected chi connectivity index (χ1v) is 6.72. The summed E-state index contributed by atoms with van der Waals surface area (Å²) in [7, 11) is 1.47. The molecule has 2 aromatic rings. The van der Waals surface area contributed by atoms with Crippen LogP contribution in [0.4, 0.5) is 0 Å². The molecular formula is C14H13BrN2O3. The van der Waals surface area contributed by atoms with Crippen LogP contribution in [0.5, 0.6) is 5.88 Å². The van der Waals surface area contributed by atoms with Crippen LogP contribution in [-0.2, 0) is 11.2 Å². The van der Waals surface area contributed by atoms with Gasteiger partial charge in [-0.1, -0.05) is 28.1 Å². The average Bonchev–Trinajstić information content (AvgIpc) is 2.44. The molecule has 0 spiro atoms. The van der Waals surface area contributed by atoms with E-state index in [0.29, 0.717) is 18.0 Å². The Bertz CT molecular complexity index is 619. The molecule has 6 heteroatoms. The summed E-state index contributed by atoms with van der Waals surface area (Å²) < 4.78 is 5.89. The van der Waals surface area contributed by atoms with E-state index in [4.69, 9.17) is 4.74 Å². The molecule has 2 rings (SSSR count). The molecule has 5 nitrogen and oxygen atoms in total. The summed E-state index contributed by atoms with van der Waals surface area (Å²) in [5, 5.41) is 9.40. The number of hydrogen-bond donors (Lipinski definition) is 1. The van der Waals surface area contributed by atoms with Crippen LogP contribution in [-0.4, -0.2) is 28.2 Å². The molecular weight excluding hydrogens is 324 g/mol. The van der Waals surface area contributed by atoms with Gasteiger partial charge in [0, 0.05) is 10.7 Å². The fraction of sp³-hybridized carbons (Fsp3) is 0.214. The molecule has 1 heterocycles. The third-order valence-corrected chi connectivity index (χ3v) is 3.32. The van der Waals surface area contributed by atoms with E-state index in [0.717, 1.165) is 10.0 Å². The monoisotopic (exact) mass is 336 g/mol. The first-order chi connectivity index (χ1) is 9.60. The maximum Gasteiger partial charge on any atom is 0.312 e. The van der Waals surface area contributed by atoms with Gasteiger partial charge in [-0.25, -0.2) is 4.98 Å². The lowest BCUT2D eigenvalue weighted by molar-refractivity contribution is -0.138. The maximum atomic E-state index is 11.5. The van der Waals surface area contributed by atoms with Crippen LogP contribution in [0.3, 0.4) is 0 Å². The highest BCUT2D eigenvalue weighted by Crippen LogP contribution is 2.22. The predicted octanol–water partition coefficient (Wildman–Crippen LogP) is 2.66. The fourth-order valence-corrected chi connectivity index (χ4v) is 2.29. The molecule has 0 bridgehead atoms. The number of methoxy groups -OCH3 is 1. The molecule has 0 radical (unpaired) electrons. The number of halogens is 1. The molecule has 1 aromatic carbocycles. The summed E-state index contributed by atoms with van der Waals surface area (Å²) in [5.74, 6) is -1.39. The van der Waals surface area contributed by atoms with Crippen molar-refractivity contribution in [1.82, 2.24) is 9.97 Å². The number of aromatic nitrogens is 2. The zero-order valence-corrected chi connectivity index (χ0v) is 12.4. The topological polar surface area (TPSA) is 72.3 Å². The van der Waals surface area contributed by atoms with Crippen LogP contribution in [0.2, 0.25) is 0 Å². The van der Waals surface area contributed by atoms with E-state index in [2.05, 4.69) is 25.9 Å². The van der Waals surface area contributed by atoms with E-state index in [9.17, 15) is 9.90 Å². The van der Waals surface area contributed by atoms with Crippen molar-refractivity contribution in [2.45, 2.75) is 12.3 Å². The van der Waals surface area contributed by atoms with Gasteiger partial charge in [-0.15, -0.1) is 0 Å². The summed E-state index contributed by atoms with van der Waals surface area (Å²) in [6.07, 6.45) is 3.25. The Hall–Kier alpha value is -1.95. The molecule has 20 heavy (non-hydrogen) atoms. The average molecular weight is 337 g/mol. The summed E-state index contributed by atoms with van der Waals surface area (Å²) >= 11 is 3.37. The van der Waals surface area contributed by atoms with Gasteiger partial charge in [0.2, 0.25) is 5.88 Å². The van der Waals surface area contributed by atoms with Crippen molar-refractivity contribution in [2.75, 3.05) is 7.11 Å². The van der Waals surface area contributed by atoms with Crippen LogP contribution < -0.4 is 4.74 Å². The highest BCUT2D eigenvalue weighted by molar-refractivity contribution is 9.10. The highest BCUT2D eigenvalue weighted by atomic mass is 79.9. The van der Waals surface area contributed by atoms with Gasteiger partial charge in [0.1, 0.15) is 5.92 Å². The smallest absolute Gasteiger partial charge is 0.312 e. The third-order valence-electron chi connectivity index (χ3n) is 2.82. The summed E-state index contributed by atoms with van der Waals surface area (Å²) in [4.78, 5) is 19.6. The molecule has 0 fully saturated rings. The normalized spacial score (nSPS) is 11.9. The lowest BCUT2D eigenvalue weighted by atomic mass is 9.96. The third kappa shape index (κ3) is 3.54. The summed E-state index contributed by atoms with van der Waals surface area (Å²) in [5.41, 5.74) is 1.30. The zero-order chi connectivity index (χ0) is 14.5. The maximum absolute atomic E-state index is 11.5. The van der Waals surface area contributed by atoms with Crippen LogP contribution in [0.15, 0.2) is 41.1 Å². The number of carboxylic acid groups (broad SMARTS) is 1. The molecule has 0 aliphatic heterocycles. The number of aliphatic carboxylic acids is 1. The molecule has 104 valence electrons. The van der Waals surface area contributed by atoms with E-state index in [1.54, 1.807) is 0 Å². The summed E-state index contributed by atoms with van der Waals surface area (Å²) in [6.45, 7) is 0. The number of rotatable bonds is 5. The van der Waals surface area contributed by atoms with Crippen molar-refractivity contribution in [3.8, 4) is 5.88 Å². The van der Waals surface area contributed by atoms with Crippen molar-refractivity contribution in [2.24, 2.45) is 0 Å². The SMILES string of the molecule is COc1cncc(C(Cc2cccc(Br)c2)C(=O)O)n1. The molecule has 1 N–H and O–H groups in total. The van der Waals surface area contributed by atoms with Gasteiger partial charge in [-0.3, -0.25) is 9.78 Å². The number of carbonyl (C=O) groups is 1. The number of hydrogen-bond acceptors (Lipinski definition) is 4. The number of ether oxygens (including phenoxy) is 1. The predicted molar refractivity (Wildman–Crippen MR) is 76.8 cm³/mol. The lowest BCUT2D eigenvalue weighted by Gasteiger charge is -2.12. The molecule has 0 aliphatic rings. The molecule has 0 saturated heterocycles. The van der Waals surface area contributed by atoms with Gasteiger partial charge in [0.15, 0.2) is 0 Å². The van der Waals surface area contributed by atoms with E-state index >= 15 is 0 Å². The highest BCUT2D eigenvalue weighted by Gasteiger charge is 2.22. The fourth-order valence-electron chi connectivity index (χ4n) is 1.85. The lowest BCUT2D eigenvalue weighted by Crippen LogP contribution is -2.16. The summed E-state index contributed by atoms with van der Waals surface area (Å²) in [6, 6.07) is 7.54. The quantitative estimate of drug-likeness (QED) is 0.908. The van der Waals surface area contributed by atoms with Crippen molar-refractivity contribution in [3.05, 3.63) is 52.4 Å². The second-order valence-electron chi connectivity index (χ2n) is 4.21. The van der Waals surface area contributed by atoms with Crippen molar-refractivity contribution in [1.29, 1.82) is 0 Å². The Balaban J connectivity index is 2.29. The second-order valence-corrected chi connectivity index (χ2v) is 5.13. The van der Waals surface area contributed by atoms with Crippen LogP contribution in [0.1, 0.15) is 17.2 Å². The van der Waals surface area contributed by atoms with Crippen LogP contribution in [0.25, 0.3) is 0 Å². The number of nitrogens with zero attached hydrogens (tertiary/aromatic N) is 2. The minimum atomic E-state index is -0.937. The van der Waals surface area contributed by atoms with Gasteiger partial charge < -0.3 is 9.84 Å². The Kier molecular flexibility index (Phi) is 4.68. The minimum absolute atomic E-state index is 0.308. The van der Waals surface area contributed by atoms with E-state index < -0.39 is 11.9 Å². The largest absolute Gasteiger partial charge is 0.481 e. The first kappa shape index (κ1) is 14.5. The van der Waals surface area contributed by atoms with Crippen molar-refractivity contribution < 1.29 is 14.6 Å². The Morgan fingerprint density at radius 1 is 1.45 bits per heavy atom. The van der Waals surface area contributed by atoms with Crippen molar-refractivity contribution >= 4 is 21.9 Å². The van der Waals surface area contributed by atoms with Gasteiger partial charge >= 0.3 is 5.97 Å². The molecule has 0 amide bonds. The molecule has 1 aromatic heterocycles. The van der Waals surface area contributed by atoms with Crippen LogP contribution >= 0.6 is 15.9 Å². The molecule has 1 atom stereocenters. The Morgan fingerprint density at radius 3 is 2.90 bits per heavy atom. The molecule has 0 saturated carbocycles.